The Balaban J connectivity index is 1.56. The van der Waals surface area contributed by atoms with E-state index in [-0.39, 0.29) is 29.4 Å². The van der Waals surface area contributed by atoms with Gasteiger partial charge in [0, 0.05) is 12.6 Å². The molecule has 1 aromatic heterocycles. The summed E-state index contributed by atoms with van der Waals surface area (Å²) in [5, 5.41) is 6.72. The van der Waals surface area contributed by atoms with Crippen molar-refractivity contribution in [3.8, 4) is 11.4 Å². The molecule has 0 atom stereocenters. The first-order valence-corrected chi connectivity index (χ1v) is 10.2. The average molecular weight is 386 g/mol. The smallest absolute Gasteiger partial charge is 0.322 e. The fourth-order valence-electron chi connectivity index (χ4n) is 3.05. The molecule has 1 fully saturated rings. The Morgan fingerprint density at radius 1 is 1.19 bits per heavy atom. The minimum absolute atomic E-state index is 0.0863. The van der Waals surface area contributed by atoms with Crippen molar-refractivity contribution in [3.05, 3.63) is 29.8 Å². The number of nitrogens with one attached hydrogen (secondary N) is 2. The maximum absolute atomic E-state index is 13.8. The van der Waals surface area contributed by atoms with Crippen molar-refractivity contribution in [2.24, 2.45) is 5.92 Å². The van der Waals surface area contributed by atoms with Crippen LogP contribution in [0.2, 0.25) is 0 Å². The van der Waals surface area contributed by atoms with Crippen molar-refractivity contribution in [1.82, 2.24) is 14.9 Å². The molecule has 0 radical (unpaired) electrons. The molecule has 3 rings (SSSR count). The van der Waals surface area contributed by atoms with Gasteiger partial charge in [-0.1, -0.05) is 11.2 Å². The van der Waals surface area contributed by atoms with Crippen LogP contribution < -0.4 is 10.0 Å². The van der Waals surface area contributed by atoms with E-state index in [2.05, 4.69) is 20.2 Å². The SMILES string of the molecule is CS(=O)(=O)NC[C@H]1CC[C@H](Nc2nc(-c3c(F)cccc3F)no2)CC1. The maximum Gasteiger partial charge on any atom is 0.322 e. The lowest BCUT2D eigenvalue weighted by Gasteiger charge is -2.28. The Bertz CT molecular complexity index is 844. The highest BCUT2D eigenvalue weighted by atomic mass is 32.2. The largest absolute Gasteiger partial charge is 0.335 e. The summed E-state index contributed by atoms with van der Waals surface area (Å²) in [6.07, 6.45) is 4.46. The van der Waals surface area contributed by atoms with Crippen LogP contribution in [0.1, 0.15) is 25.7 Å². The van der Waals surface area contributed by atoms with Gasteiger partial charge in [-0.15, -0.1) is 0 Å². The van der Waals surface area contributed by atoms with Crippen molar-refractivity contribution in [3.63, 3.8) is 0 Å². The molecule has 1 aliphatic carbocycles. The van der Waals surface area contributed by atoms with Crippen molar-refractivity contribution in [2.75, 3.05) is 18.1 Å². The van der Waals surface area contributed by atoms with Gasteiger partial charge in [-0.3, -0.25) is 0 Å². The van der Waals surface area contributed by atoms with Gasteiger partial charge in [0.1, 0.15) is 11.6 Å². The second kappa shape index (κ2) is 7.67. The van der Waals surface area contributed by atoms with E-state index < -0.39 is 21.7 Å². The van der Waals surface area contributed by atoms with Crippen LogP contribution in [-0.4, -0.2) is 37.4 Å². The monoisotopic (exact) mass is 386 g/mol. The van der Waals surface area contributed by atoms with Gasteiger partial charge in [0.05, 0.1) is 11.8 Å². The average Bonchev–Trinajstić information content (AvgIpc) is 3.01. The second-order valence-electron chi connectivity index (χ2n) is 6.50. The second-order valence-corrected chi connectivity index (χ2v) is 8.34. The molecule has 26 heavy (non-hydrogen) atoms. The van der Waals surface area contributed by atoms with Crippen molar-refractivity contribution < 1.29 is 21.7 Å². The third kappa shape index (κ3) is 4.76. The minimum Gasteiger partial charge on any atom is -0.335 e. The number of sulfonamides is 1. The highest BCUT2D eigenvalue weighted by Gasteiger charge is 2.24. The molecule has 1 aromatic carbocycles. The lowest BCUT2D eigenvalue weighted by Crippen LogP contribution is -2.33. The van der Waals surface area contributed by atoms with E-state index in [4.69, 9.17) is 4.52 Å². The molecule has 1 heterocycles. The Morgan fingerprint density at radius 3 is 2.46 bits per heavy atom. The highest BCUT2D eigenvalue weighted by molar-refractivity contribution is 7.88. The van der Waals surface area contributed by atoms with Gasteiger partial charge < -0.3 is 9.84 Å². The van der Waals surface area contributed by atoms with E-state index in [9.17, 15) is 17.2 Å². The van der Waals surface area contributed by atoms with Gasteiger partial charge in [0.15, 0.2) is 0 Å². The Hall–Kier alpha value is -2.07. The van der Waals surface area contributed by atoms with Crippen molar-refractivity contribution >= 4 is 16.0 Å². The zero-order valence-electron chi connectivity index (χ0n) is 14.2. The van der Waals surface area contributed by atoms with Crippen molar-refractivity contribution in [1.29, 1.82) is 0 Å². The van der Waals surface area contributed by atoms with Crippen LogP contribution in [0.25, 0.3) is 11.4 Å². The molecular weight excluding hydrogens is 366 g/mol. The summed E-state index contributed by atoms with van der Waals surface area (Å²) in [5.74, 6) is -1.37. The normalized spacial score (nSPS) is 20.9. The molecule has 0 aliphatic heterocycles. The van der Waals surface area contributed by atoms with E-state index in [1.54, 1.807) is 0 Å². The summed E-state index contributed by atoms with van der Waals surface area (Å²) in [5.41, 5.74) is -0.320. The Morgan fingerprint density at radius 2 is 1.85 bits per heavy atom. The van der Waals surface area contributed by atoms with Crippen LogP contribution in [0.15, 0.2) is 22.7 Å². The van der Waals surface area contributed by atoms with Crippen LogP contribution in [-0.2, 0) is 10.0 Å². The number of hydrogen-bond acceptors (Lipinski definition) is 6. The fraction of sp³-hybridized carbons (Fsp3) is 0.500. The van der Waals surface area contributed by atoms with Crippen LogP contribution in [0, 0.1) is 17.6 Å². The third-order valence-electron chi connectivity index (χ3n) is 4.42. The first-order chi connectivity index (χ1) is 12.3. The molecule has 1 aliphatic rings. The quantitative estimate of drug-likeness (QED) is 0.792. The Labute approximate surface area is 150 Å². The summed E-state index contributed by atoms with van der Waals surface area (Å²) in [7, 11) is -3.18. The molecule has 1 saturated carbocycles. The van der Waals surface area contributed by atoms with Gasteiger partial charge in [-0.2, -0.15) is 4.98 Å². The number of hydrogen-bond donors (Lipinski definition) is 2. The van der Waals surface area contributed by atoms with Gasteiger partial charge >= 0.3 is 6.01 Å². The molecule has 0 unspecified atom stereocenters. The van der Waals surface area contributed by atoms with E-state index in [1.807, 2.05) is 0 Å². The first kappa shape index (κ1) is 18.7. The first-order valence-electron chi connectivity index (χ1n) is 8.31. The minimum atomic E-state index is -3.18. The molecule has 0 amide bonds. The Kier molecular flexibility index (Phi) is 5.52. The fourth-order valence-corrected chi connectivity index (χ4v) is 3.59. The predicted molar refractivity (Wildman–Crippen MR) is 91.9 cm³/mol. The standard InChI is InChI=1S/C16H20F2N4O3S/c1-26(23,24)19-9-10-5-7-11(8-6-10)20-16-21-15(22-25-16)14-12(17)3-2-4-13(14)18/h2-4,10-11,19H,5-9H2,1H3,(H,20,21,22)/t10-,11-. The summed E-state index contributed by atoms with van der Waals surface area (Å²) in [4.78, 5) is 4.02. The van der Waals surface area contributed by atoms with Crippen molar-refractivity contribution in [2.45, 2.75) is 31.7 Å². The van der Waals surface area contributed by atoms with Crippen LogP contribution in [0.4, 0.5) is 14.8 Å². The third-order valence-corrected chi connectivity index (χ3v) is 5.11. The molecular formula is C16H20F2N4O3S. The maximum atomic E-state index is 13.8. The summed E-state index contributed by atoms with van der Waals surface area (Å²) >= 11 is 0. The predicted octanol–water partition coefficient (Wildman–Crippen LogP) is 2.53. The van der Waals surface area contributed by atoms with Gasteiger partial charge in [-0.25, -0.2) is 21.9 Å². The number of halogens is 2. The molecule has 2 aromatic rings. The number of rotatable bonds is 6. The molecule has 0 bridgehead atoms. The van der Waals surface area contributed by atoms with Gasteiger partial charge in [0.25, 0.3) is 0 Å². The highest BCUT2D eigenvalue weighted by Crippen LogP contribution is 2.28. The number of benzene rings is 1. The number of aromatic nitrogens is 2. The van der Waals surface area contributed by atoms with E-state index in [0.29, 0.717) is 6.54 Å². The van der Waals surface area contributed by atoms with Crippen LogP contribution in [0.5, 0.6) is 0 Å². The topological polar surface area (TPSA) is 97.1 Å². The molecule has 0 saturated heterocycles. The summed E-state index contributed by atoms with van der Waals surface area (Å²) in [6, 6.07) is 3.73. The lowest BCUT2D eigenvalue weighted by molar-refractivity contribution is 0.330. The number of nitrogens with zero attached hydrogens (tertiary/aromatic N) is 2. The van der Waals surface area contributed by atoms with E-state index >= 15 is 0 Å². The molecule has 7 nitrogen and oxygen atoms in total. The summed E-state index contributed by atoms with van der Waals surface area (Å²) in [6.45, 7) is 0.433. The molecule has 2 N–H and O–H groups in total. The van der Waals surface area contributed by atoms with Gasteiger partial charge in [0.2, 0.25) is 15.8 Å². The van der Waals surface area contributed by atoms with Crippen LogP contribution >= 0.6 is 0 Å². The van der Waals surface area contributed by atoms with Gasteiger partial charge in [-0.05, 0) is 43.7 Å². The molecule has 0 spiro atoms. The lowest BCUT2D eigenvalue weighted by atomic mass is 9.86. The summed E-state index contributed by atoms with van der Waals surface area (Å²) < 4.78 is 57.4. The molecule has 142 valence electrons. The number of anilines is 1. The molecule has 10 heteroatoms. The zero-order chi connectivity index (χ0) is 18.7. The zero-order valence-corrected chi connectivity index (χ0v) is 15.0. The van der Waals surface area contributed by atoms with E-state index in [1.165, 1.54) is 6.07 Å². The van der Waals surface area contributed by atoms with Crippen LogP contribution in [0.3, 0.4) is 0 Å². The van der Waals surface area contributed by atoms with E-state index in [0.717, 1.165) is 44.1 Å².